The van der Waals surface area contributed by atoms with Gasteiger partial charge < -0.3 is 0 Å². The maximum atomic E-state index is 10.5. The van der Waals surface area contributed by atoms with E-state index in [-0.39, 0.29) is 5.69 Å². The first-order valence-corrected chi connectivity index (χ1v) is 5.71. The Hall–Kier alpha value is -2.13. The molecule has 0 spiro atoms. The van der Waals surface area contributed by atoms with Crippen molar-refractivity contribution in [2.24, 2.45) is 0 Å². The minimum Gasteiger partial charge on any atom is -0.258 e. The molecule has 2 aromatic carbocycles. The molecule has 0 aliphatic rings. The number of nitro benzene ring substituents is 1. The van der Waals surface area contributed by atoms with Gasteiger partial charge in [-0.15, -0.1) is 0 Å². The summed E-state index contributed by atoms with van der Waals surface area (Å²) in [7, 11) is 0. The SMILES string of the molecule is O=[N+]([O-])c1ccc(/C=C/c2ccc(Cl)cc2)cc1. The van der Waals surface area contributed by atoms with Gasteiger partial charge in [-0.25, -0.2) is 0 Å². The van der Waals surface area contributed by atoms with Crippen LogP contribution < -0.4 is 0 Å². The zero-order chi connectivity index (χ0) is 13.0. The van der Waals surface area contributed by atoms with Crippen LogP contribution in [0.1, 0.15) is 11.1 Å². The largest absolute Gasteiger partial charge is 0.269 e. The van der Waals surface area contributed by atoms with Crippen LogP contribution in [0, 0.1) is 10.1 Å². The summed E-state index contributed by atoms with van der Waals surface area (Å²) in [5, 5.41) is 11.2. The van der Waals surface area contributed by atoms with Crippen LogP contribution in [0.15, 0.2) is 48.5 Å². The van der Waals surface area contributed by atoms with Crippen molar-refractivity contribution < 1.29 is 4.92 Å². The smallest absolute Gasteiger partial charge is 0.258 e. The molecule has 0 saturated carbocycles. The maximum absolute atomic E-state index is 10.5. The fourth-order valence-electron chi connectivity index (χ4n) is 1.47. The number of nitrogens with zero attached hydrogens (tertiary/aromatic N) is 1. The quantitative estimate of drug-likeness (QED) is 0.465. The highest BCUT2D eigenvalue weighted by atomic mass is 35.5. The average molecular weight is 260 g/mol. The third-order valence-corrected chi connectivity index (χ3v) is 2.69. The second kappa shape index (κ2) is 5.47. The summed E-state index contributed by atoms with van der Waals surface area (Å²) in [6.45, 7) is 0. The molecule has 0 amide bonds. The van der Waals surface area contributed by atoms with Crippen LogP contribution >= 0.6 is 11.6 Å². The van der Waals surface area contributed by atoms with E-state index in [2.05, 4.69) is 0 Å². The van der Waals surface area contributed by atoms with Gasteiger partial charge in [0.2, 0.25) is 0 Å². The first-order valence-electron chi connectivity index (χ1n) is 5.33. The summed E-state index contributed by atoms with van der Waals surface area (Å²) in [6, 6.07) is 13.8. The van der Waals surface area contributed by atoms with E-state index in [0.717, 1.165) is 11.1 Å². The average Bonchev–Trinajstić information content (AvgIpc) is 2.38. The lowest BCUT2D eigenvalue weighted by Crippen LogP contribution is -1.86. The number of hydrogen-bond donors (Lipinski definition) is 0. The first-order chi connectivity index (χ1) is 8.65. The lowest BCUT2D eigenvalue weighted by Gasteiger charge is -1.95. The summed E-state index contributed by atoms with van der Waals surface area (Å²) in [5.41, 5.74) is 2.03. The molecule has 0 radical (unpaired) electrons. The summed E-state index contributed by atoms with van der Waals surface area (Å²) in [6.07, 6.45) is 3.82. The minimum atomic E-state index is -0.410. The Balaban J connectivity index is 2.13. The topological polar surface area (TPSA) is 43.1 Å². The molecular formula is C14H10ClNO2. The van der Waals surface area contributed by atoms with Crippen molar-refractivity contribution in [3.8, 4) is 0 Å². The Morgan fingerprint density at radius 3 is 1.78 bits per heavy atom. The fourth-order valence-corrected chi connectivity index (χ4v) is 1.60. The summed E-state index contributed by atoms with van der Waals surface area (Å²) < 4.78 is 0. The van der Waals surface area contributed by atoms with Gasteiger partial charge in [-0.1, -0.05) is 35.9 Å². The molecule has 0 heterocycles. The molecule has 3 nitrogen and oxygen atoms in total. The molecule has 90 valence electrons. The van der Waals surface area contributed by atoms with E-state index in [1.54, 1.807) is 12.1 Å². The van der Waals surface area contributed by atoms with Crippen LogP contribution in [0.4, 0.5) is 5.69 Å². The van der Waals surface area contributed by atoms with Gasteiger partial charge in [0, 0.05) is 17.2 Å². The lowest BCUT2D eigenvalue weighted by molar-refractivity contribution is -0.384. The molecule has 0 unspecified atom stereocenters. The van der Waals surface area contributed by atoms with Crippen LogP contribution in [0.3, 0.4) is 0 Å². The molecule has 0 atom stereocenters. The van der Waals surface area contributed by atoms with E-state index in [0.29, 0.717) is 5.02 Å². The molecule has 0 aliphatic carbocycles. The second-order valence-electron chi connectivity index (χ2n) is 3.73. The molecule has 0 fully saturated rings. The lowest BCUT2D eigenvalue weighted by atomic mass is 10.1. The number of non-ortho nitro benzene ring substituents is 1. The van der Waals surface area contributed by atoms with Crippen molar-refractivity contribution in [3.05, 3.63) is 74.8 Å². The third-order valence-electron chi connectivity index (χ3n) is 2.44. The number of hydrogen-bond acceptors (Lipinski definition) is 2. The minimum absolute atomic E-state index is 0.0960. The van der Waals surface area contributed by atoms with Crippen LogP contribution in [0.5, 0.6) is 0 Å². The number of rotatable bonds is 3. The first kappa shape index (κ1) is 12.3. The van der Waals surface area contributed by atoms with Gasteiger partial charge in [-0.2, -0.15) is 0 Å². The zero-order valence-electron chi connectivity index (χ0n) is 9.42. The van der Waals surface area contributed by atoms with Gasteiger partial charge in [-0.05, 0) is 35.4 Å². The van der Waals surface area contributed by atoms with E-state index < -0.39 is 4.92 Å². The van der Waals surface area contributed by atoms with Crippen molar-refractivity contribution in [2.75, 3.05) is 0 Å². The van der Waals surface area contributed by atoms with Gasteiger partial charge in [0.05, 0.1) is 4.92 Å². The Morgan fingerprint density at radius 1 is 0.889 bits per heavy atom. The van der Waals surface area contributed by atoms with Crippen molar-refractivity contribution in [2.45, 2.75) is 0 Å². The Labute approximate surface area is 109 Å². The molecule has 2 rings (SSSR count). The molecule has 18 heavy (non-hydrogen) atoms. The van der Waals surface area contributed by atoms with E-state index in [9.17, 15) is 10.1 Å². The Kier molecular flexibility index (Phi) is 3.75. The standard InChI is InChI=1S/C14H10ClNO2/c15-13-7-3-11(4-8-13)1-2-12-5-9-14(10-6-12)16(17)18/h1-10H/b2-1+. The number of benzene rings is 2. The fraction of sp³-hybridized carbons (Fsp3) is 0. The molecule has 4 heteroatoms. The van der Waals surface area contributed by atoms with Gasteiger partial charge >= 0.3 is 0 Å². The van der Waals surface area contributed by atoms with Crippen LogP contribution in [0.25, 0.3) is 12.2 Å². The summed E-state index contributed by atoms with van der Waals surface area (Å²) in [4.78, 5) is 10.1. The van der Waals surface area contributed by atoms with Crippen molar-refractivity contribution in [1.82, 2.24) is 0 Å². The highest BCUT2D eigenvalue weighted by molar-refractivity contribution is 6.30. The van der Waals surface area contributed by atoms with Crippen molar-refractivity contribution in [3.63, 3.8) is 0 Å². The van der Waals surface area contributed by atoms with Crippen molar-refractivity contribution in [1.29, 1.82) is 0 Å². The molecule has 0 N–H and O–H groups in total. The van der Waals surface area contributed by atoms with E-state index >= 15 is 0 Å². The molecule has 0 bridgehead atoms. The zero-order valence-corrected chi connectivity index (χ0v) is 10.2. The van der Waals surface area contributed by atoms with Gasteiger partial charge in [0.15, 0.2) is 0 Å². The van der Waals surface area contributed by atoms with Crippen LogP contribution in [-0.2, 0) is 0 Å². The Morgan fingerprint density at radius 2 is 1.33 bits per heavy atom. The molecule has 2 aromatic rings. The summed E-state index contributed by atoms with van der Waals surface area (Å²) >= 11 is 5.79. The maximum Gasteiger partial charge on any atom is 0.269 e. The highest BCUT2D eigenvalue weighted by Gasteiger charge is 2.01. The predicted molar refractivity (Wildman–Crippen MR) is 73.5 cm³/mol. The van der Waals surface area contributed by atoms with E-state index in [1.165, 1.54) is 12.1 Å². The molecular weight excluding hydrogens is 250 g/mol. The Bertz CT molecular complexity index is 574. The predicted octanol–water partition coefficient (Wildman–Crippen LogP) is 4.42. The normalized spacial score (nSPS) is 10.7. The van der Waals surface area contributed by atoms with Crippen molar-refractivity contribution >= 4 is 29.4 Å². The molecule has 0 aromatic heterocycles. The van der Waals surface area contributed by atoms with Crippen LogP contribution in [-0.4, -0.2) is 4.92 Å². The number of nitro groups is 1. The van der Waals surface area contributed by atoms with E-state index in [4.69, 9.17) is 11.6 Å². The molecule has 0 aliphatic heterocycles. The number of halogens is 1. The highest BCUT2D eigenvalue weighted by Crippen LogP contribution is 2.15. The monoisotopic (exact) mass is 259 g/mol. The van der Waals surface area contributed by atoms with Gasteiger partial charge in [0.25, 0.3) is 5.69 Å². The van der Waals surface area contributed by atoms with Gasteiger partial charge in [-0.3, -0.25) is 10.1 Å². The van der Waals surface area contributed by atoms with Crippen LogP contribution in [0.2, 0.25) is 5.02 Å². The second-order valence-corrected chi connectivity index (χ2v) is 4.17. The van der Waals surface area contributed by atoms with Gasteiger partial charge in [0.1, 0.15) is 0 Å². The molecule has 0 saturated heterocycles. The summed E-state index contributed by atoms with van der Waals surface area (Å²) in [5.74, 6) is 0. The third kappa shape index (κ3) is 3.18. The van der Waals surface area contributed by atoms with E-state index in [1.807, 2.05) is 36.4 Å².